The molecule has 1 amide bonds. The summed E-state index contributed by atoms with van der Waals surface area (Å²) in [5.41, 5.74) is 5.14. The number of anilines is 1. The number of benzene rings is 2. The number of nitrogens with zero attached hydrogens (tertiary/aromatic N) is 4. The molecule has 156 valence electrons. The number of aromatic nitrogens is 4. The van der Waals surface area contributed by atoms with Gasteiger partial charge in [-0.25, -0.2) is 0 Å². The fourth-order valence-electron chi connectivity index (χ4n) is 3.22. The van der Waals surface area contributed by atoms with Crippen molar-refractivity contribution in [1.82, 2.24) is 19.7 Å². The van der Waals surface area contributed by atoms with E-state index in [1.54, 1.807) is 12.4 Å². The van der Waals surface area contributed by atoms with Crippen molar-refractivity contribution in [3.05, 3.63) is 89.7 Å². The molecule has 0 atom stereocenters. The third-order valence-corrected chi connectivity index (χ3v) is 6.02. The predicted molar refractivity (Wildman–Crippen MR) is 124 cm³/mol. The smallest absolute Gasteiger partial charge is 0.234 e. The summed E-state index contributed by atoms with van der Waals surface area (Å²) in [5, 5.41) is 12.5. The quantitative estimate of drug-likeness (QED) is 0.430. The van der Waals surface area contributed by atoms with Crippen molar-refractivity contribution >= 4 is 23.4 Å². The largest absolute Gasteiger partial charge is 0.325 e. The number of hydrogen-bond acceptors (Lipinski definition) is 5. The number of nitrogens with one attached hydrogen (secondary N) is 1. The van der Waals surface area contributed by atoms with E-state index in [4.69, 9.17) is 0 Å². The molecule has 0 unspecified atom stereocenters. The van der Waals surface area contributed by atoms with Crippen molar-refractivity contribution in [2.45, 2.75) is 25.5 Å². The zero-order valence-corrected chi connectivity index (χ0v) is 18.3. The summed E-state index contributed by atoms with van der Waals surface area (Å²) in [6.07, 6.45) is 3.47. The van der Waals surface area contributed by atoms with Gasteiger partial charge in [-0.05, 0) is 48.7 Å². The van der Waals surface area contributed by atoms with E-state index in [0.29, 0.717) is 11.7 Å². The van der Waals surface area contributed by atoms with Crippen LogP contribution in [0.25, 0.3) is 11.4 Å². The highest BCUT2D eigenvalue weighted by molar-refractivity contribution is 7.99. The maximum atomic E-state index is 12.6. The van der Waals surface area contributed by atoms with E-state index in [1.807, 2.05) is 66.9 Å². The van der Waals surface area contributed by atoms with Gasteiger partial charge in [-0.2, -0.15) is 0 Å². The second-order valence-electron chi connectivity index (χ2n) is 7.20. The molecule has 1 N–H and O–H groups in total. The third kappa shape index (κ3) is 5.00. The number of thioether (sulfide) groups is 1. The summed E-state index contributed by atoms with van der Waals surface area (Å²) >= 11 is 1.38. The average molecular weight is 430 g/mol. The Hall–Kier alpha value is -3.45. The van der Waals surface area contributed by atoms with Gasteiger partial charge in [-0.1, -0.05) is 54.2 Å². The van der Waals surface area contributed by atoms with Gasteiger partial charge in [0.15, 0.2) is 11.0 Å². The molecule has 4 aromatic rings. The van der Waals surface area contributed by atoms with E-state index in [-0.39, 0.29) is 11.7 Å². The van der Waals surface area contributed by atoms with Gasteiger partial charge in [-0.3, -0.25) is 14.3 Å². The molecule has 7 heteroatoms. The average Bonchev–Trinajstić information content (AvgIpc) is 3.19. The first-order valence-corrected chi connectivity index (χ1v) is 11.0. The molecule has 4 rings (SSSR count). The number of carbonyl (C=O) groups excluding carboxylic acids is 1. The van der Waals surface area contributed by atoms with Crippen LogP contribution in [0, 0.1) is 13.8 Å². The number of carbonyl (C=O) groups is 1. The second kappa shape index (κ2) is 9.57. The monoisotopic (exact) mass is 429 g/mol. The van der Waals surface area contributed by atoms with Gasteiger partial charge >= 0.3 is 0 Å². The molecule has 0 fully saturated rings. The SMILES string of the molecule is Cc1cccc(NC(=O)CSc2nnc(-c3ccncc3)n2Cc2ccccc2)c1C. The predicted octanol–water partition coefficient (Wildman–Crippen LogP) is 4.74. The van der Waals surface area contributed by atoms with Crippen LogP contribution in [0.3, 0.4) is 0 Å². The van der Waals surface area contributed by atoms with Gasteiger partial charge in [-0.15, -0.1) is 10.2 Å². The summed E-state index contributed by atoms with van der Waals surface area (Å²) in [4.78, 5) is 16.7. The molecular weight excluding hydrogens is 406 g/mol. The highest BCUT2D eigenvalue weighted by atomic mass is 32.2. The number of hydrogen-bond donors (Lipinski definition) is 1. The van der Waals surface area contributed by atoms with Gasteiger partial charge in [0.05, 0.1) is 12.3 Å². The lowest BCUT2D eigenvalue weighted by atomic mass is 10.1. The molecule has 0 aliphatic rings. The third-order valence-electron chi connectivity index (χ3n) is 5.05. The van der Waals surface area contributed by atoms with Gasteiger partial charge < -0.3 is 5.32 Å². The van der Waals surface area contributed by atoms with E-state index >= 15 is 0 Å². The summed E-state index contributed by atoms with van der Waals surface area (Å²) in [6, 6.07) is 19.9. The molecule has 2 aromatic carbocycles. The van der Waals surface area contributed by atoms with E-state index in [2.05, 4.69) is 32.6 Å². The Balaban J connectivity index is 1.54. The zero-order valence-electron chi connectivity index (χ0n) is 17.4. The van der Waals surface area contributed by atoms with Crippen LogP contribution in [0.2, 0.25) is 0 Å². The van der Waals surface area contributed by atoms with Crippen molar-refractivity contribution in [2.75, 3.05) is 11.1 Å². The van der Waals surface area contributed by atoms with Crippen LogP contribution < -0.4 is 5.32 Å². The molecule has 0 spiro atoms. The highest BCUT2D eigenvalue weighted by Gasteiger charge is 2.16. The van der Waals surface area contributed by atoms with Crippen molar-refractivity contribution in [3.63, 3.8) is 0 Å². The van der Waals surface area contributed by atoms with E-state index in [0.717, 1.165) is 33.8 Å². The second-order valence-corrected chi connectivity index (χ2v) is 8.14. The van der Waals surface area contributed by atoms with Gasteiger partial charge in [0.1, 0.15) is 0 Å². The Morgan fingerprint density at radius 3 is 2.52 bits per heavy atom. The number of amides is 1. The summed E-state index contributed by atoms with van der Waals surface area (Å²) in [6.45, 7) is 4.66. The van der Waals surface area contributed by atoms with Crippen molar-refractivity contribution in [1.29, 1.82) is 0 Å². The topological polar surface area (TPSA) is 72.7 Å². The molecule has 0 saturated carbocycles. The van der Waals surface area contributed by atoms with Crippen molar-refractivity contribution in [3.8, 4) is 11.4 Å². The lowest BCUT2D eigenvalue weighted by molar-refractivity contribution is -0.113. The first kappa shape index (κ1) is 20.8. The molecule has 6 nitrogen and oxygen atoms in total. The van der Waals surface area contributed by atoms with E-state index in [9.17, 15) is 4.79 Å². The molecule has 2 aromatic heterocycles. The molecule has 2 heterocycles. The van der Waals surface area contributed by atoms with E-state index < -0.39 is 0 Å². The molecule has 0 bridgehead atoms. The van der Waals surface area contributed by atoms with Gasteiger partial charge in [0.2, 0.25) is 5.91 Å². The van der Waals surface area contributed by atoms with Crippen LogP contribution >= 0.6 is 11.8 Å². The molecular formula is C24H23N5OS. The van der Waals surface area contributed by atoms with Crippen LogP contribution in [0.1, 0.15) is 16.7 Å². The lowest BCUT2D eigenvalue weighted by Crippen LogP contribution is -2.15. The summed E-state index contributed by atoms with van der Waals surface area (Å²) in [7, 11) is 0. The Bertz CT molecular complexity index is 1180. The molecule has 0 saturated heterocycles. The van der Waals surface area contributed by atoms with Gasteiger partial charge in [0.25, 0.3) is 0 Å². The minimum absolute atomic E-state index is 0.0709. The minimum Gasteiger partial charge on any atom is -0.325 e. The highest BCUT2D eigenvalue weighted by Crippen LogP contribution is 2.25. The summed E-state index contributed by atoms with van der Waals surface area (Å²) in [5.74, 6) is 0.929. The van der Waals surface area contributed by atoms with Crippen LogP contribution in [0.4, 0.5) is 5.69 Å². The number of aryl methyl sites for hydroxylation is 1. The maximum absolute atomic E-state index is 12.6. The fourth-order valence-corrected chi connectivity index (χ4v) is 3.96. The van der Waals surface area contributed by atoms with Crippen LogP contribution in [0.5, 0.6) is 0 Å². The Kier molecular flexibility index (Phi) is 6.43. The zero-order chi connectivity index (χ0) is 21.6. The number of rotatable bonds is 7. The molecule has 0 radical (unpaired) electrons. The standard InChI is InChI=1S/C24H23N5OS/c1-17-7-6-10-21(18(17)2)26-22(30)16-31-24-28-27-23(20-11-13-25-14-12-20)29(24)15-19-8-4-3-5-9-19/h3-14H,15-16H2,1-2H3,(H,26,30). The Morgan fingerprint density at radius 2 is 1.74 bits per heavy atom. The maximum Gasteiger partial charge on any atom is 0.234 e. The summed E-state index contributed by atoms with van der Waals surface area (Å²) < 4.78 is 2.04. The van der Waals surface area contributed by atoms with Crippen molar-refractivity contribution in [2.24, 2.45) is 0 Å². The lowest BCUT2D eigenvalue weighted by Gasteiger charge is -2.12. The minimum atomic E-state index is -0.0709. The normalized spacial score (nSPS) is 10.8. The van der Waals surface area contributed by atoms with E-state index in [1.165, 1.54) is 11.8 Å². The Labute approximate surface area is 185 Å². The Morgan fingerprint density at radius 1 is 0.968 bits per heavy atom. The van der Waals surface area contributed by atoms with Crippen LogP contribution in [-0.2, 0) is 11.3 Å². The van der Waals surface area contributed by atoms with Crippen LogP contribution in [0.15, 0.2) is 78.2 Å². The van der Waals surface area contributed by atoms with Crippen molar-refractivity contribution < 1.29 is 4.79 Å². The number of pyridine rings is 1. The molecule has 31 heavy (non-hydrogen) atoms. The van der Waals surface area contributed by atoms with Crippen LogP contribution in [-0.4, -0.2) is 31.4 Å². The molecule has 0 aliphatic heterocycles. The fraction of sp³-hybridized carbons (Fsp3) is 0.167. The first-order valence-electron chi connectivity index (χ1n) is 9.98. The first-order chi connectivity index (χ1) is 15.1. The molecule has 0 aliphatic carbocycles. The van der Waals surface area contributed by atoms with Gasteiger partial charge in [0, 0.05) is 23.6 Å².